The van der Waals surface area contributed by atoms with Gasteiger partial charge in [0.2, 0.25) is 0 Å². The van der Waals surface area contributed by atoms with Gasteiger partial charge >= 0.3 is 0 Å². The Balaban J connectivity index is 2.77. The lowest BCUT2D eigenvalue weighted by atomic mass is 10.1. The van der Waals surface area contributed by atoms with Crippen LogP contribution in [0.5, 0.6) is 0 Å². The lowest BCUT2D eigenvalue weighted by molar-refractivity contribution is 0.0799. The molecule has 1 rings (SSSR count). The summed E-state index contributed by atoms with van der Waals surface area (Å²) in [6, 6.07) is 5.28. The van der Waals surface area contributed by atoms with Crippen LogP contribution in [0.15, 0.2) is 18.2 Å². The molecule has 0 spiro atoms. The van der Waals surface area contributed by atoms with Crippen LogP contribution in [-0.4, -0.2) is 29.4 Å². The number of halogens is 1. The molecule has 1 aromatic carbocycles. The highest BCUT2D eigenvalue weighted by molar-refractivity contribution is 7.80. The Hall–Kier alpha value is -1.13. The van der Waals surface area contributed by atoms with Crippen molar-refractivity contribution in [2.75, 3.05) is 13.6 Å². The monoisotopic (exact) mass is 270 g/mol. The molecule has 0 fully saturated rings. The molecule has 0 atom stereocenters. The van der Waals surface area contributed by atoms with E-state index in [2.05, 4.69) is 0 Å². The van der Waals surface area contributed by atoms with Crippen LogP contribution in [0, 0.1) is 6.92 Å². The van der Waals surface area contributed by atoms with Crippen molar-refractivity contribution in [2.45, 2.75) is 13.3 Å². The Morgan fingerprint density at radius 3 is 2.65 bits per heavy atom. The summed E-state index contributed by atoms with van der Waals surface area (Å²) in [5, 5.41) is 0.566. The van der Waals surface area contributed by atoms with E-state index < -0.39 is 0 Å². The number of carbonyl (C=O) groups excluding carboxylic acids is 1. The summed E-state index contributed by atoms with van der Waals surface area (Å²) in [5.74, 6) is -0.0770. The van der Waals surface area contributed by atoms with E-state index in [1.54, 1.807) is 18.0 Å². The van der Waals surface area contributed by atoms with Crippen LogP contribution < -0.4 is 5.73 Å². The van der Waals surface area contributed by atoms with Gasteiger partial charge in [0.15, 0.2) is 0 Å². The number of nitrogens with zero attached hydrogens (tertiary/aromatic N) is 1. The fourth-order valence-corrected chi connectivity index (χ4v) is 1.84. The highest BCUT2D eigenvalue weighted by Gasteiger charge is 2.12. The van der Waals surface area contributed by atoms with Gasteiger partial charge in [0.1, 0.15) is 0 Å². The van der Waals surface area contributed by atoms with Crippen molar-refractivity contribution in [3.8, 4) is 0 Å². The van der Waals surface area contributed by atoms with Gasteiger partial charge in [-0.2, -0.15) is 0 Å². The van der Waals surface area contributed by atoms with Crippen LogP contribution in [0.4, 0.5) is 0 Å². The summed E-state index contributed by atoms with van der Waals surface area (Å²) >= 11 is 10.7. The summed E-state index contributed by atoms with van der Waals surface area (Å²) in [5.41, 5.74) is 6.95. The quantitative estimate of drug-likeness (QED) is 0.855. The maximum atomic E-state index is 12.0. The SMILES string of the molecule is Cc1cc(Cl)cc(C(=O)N(C)CCC(N)=S)c1. The number of rotatable bonds is 4. The van der Waals surface area contributed by atoms with Crippen molar-refractivity contribution in [3.63, 3.8) is 0 Å². The van der Waals surface area contributed by atoms with Gasteiger partial charge in [0.05, 0.1) is 4.99 Å². The Bertz CT molecular complexity index is 428. The lowest BCUT2D eigenvalue weighted by Gasteiger charge is -2.17. The predicted molar refractivity (Wildman–Crippen MR) is 74.6 cm³/mol. The lowest BCUT2D eigenvalue weighted by Crippen LogP contribution is -2.30. The molecule has 0 unspecified atom stereocenters. The molecule has 1 aromatic rings. The van der Waals surface area contributed by atoms with Crippen molar-refractivity contribution in [2.24, 2.45) is 5.73 Å². The Labute approximate surface area is 112 Å². The largest absolute Gasteiger partial charge is 0.393 e. The first-order valence-electron chi connectivity index (χ1n) is 5.21. The van der Waals surface area contributed by atoms with E-state index in [0.29, 0.717) is 28.5 Å². The molecule has 0 aromatic heterocycles. The third-order valence-electron chi connectivity index (χ3n) is 2.33. The van der Waals surface area contributed by atoms with Crippen molar-refractivity contribution in [1.29, 1.82) is 0 Å². The molecule has 92 valence electrons. The smallest absolute Gasteiger partial charge is 0.253 e. The first kappa shape index (κ1) is 13.9. The van der Waals surface area contributed by atoms with E-state index in [1.165, 1.54) is 0 Å². The minimum Gasteiger partial charge on any atom is -0.393 e. The zero-order valence-electron chi connectivity index (χ0n) is 9.87. The Kier molecular flexibility index (Phi) is 4.90. The highest BCUT2D eigenvalue weighted by Crippen LogP contribution is 2.15. The fourth-order valence-electron chi connectivity index (χ4n) is 1.46. The van der Waals surface area contributed by atoms with Crippen molar-refractivity contribution < 1.29 is 4.79 Å². The Morgan fingerprint density at radius 1 is 1.47 bits per heavy atom. The van der Waals surface area contributed by atoms with Crippen LogP contribution >= 0.6 is 23.8 Å². The predicted octanol–water partition coefficient (Wildman–Crippen LogP) is 2.40. The molecular weight excluding hydrogens is 256 g/mol. The first-order chi connectivity index (χ1) is 7.90. The van der Waals surface area contributed by atoms with Gasteiger partial charge in [-0.3, -0.25) is 4.79 Å². The third-order valence-corrected chi connectivity index (χ3v) is 2.75. The molecular formula is C12H15ClN2OS. The van der Waals surface area contributed by atoms with Crippen LogP contribution in [-0.2, 0) is 0 Å². The van der Waals surface area contributed by atoms with E-state index in [4.69, 9.17) is 29.6 Å². The summed E-state index contributed by atoms with van der Waals surface area (Å²) in [4.78, 5) is 14.0. The average molecular weight is 271 g/mol. The van der Waals surface area contributed by atoms with E-state index in [1.807, 2.05) is 19.1 Å². The molecule has 0 aliphatic heterocycles. The maximum Gasteiger partial charge on any atom is 0.253 e. The molecule has 0 saturated carbocycles. The van der Waals surface area contributed by atoms with Gasteiger partial charge in [0.25, 0.3) is 5.91 Å². The van der Waals surface area contributed by atoms with E-state index in [0.717, 1.165) is 5.56 Å². The molecule has 1 amide bonds. The van der Waals surface area contributed by atoms with Crippen molar-refractivity contribution in [3.05, 3.63) is 34.3 Å². The molecule has 17 heavy (non-hydrogen) atoms. The van der Waals surface area contributed by atoms with Crippen molar-refractivity contribution in [1.82, 2.24) is 4.90 Å². The minimum atomic E-state index is -0.0770. The van der Waals surface area contributed by atoms with Gasteiger partial charge in [-0.1, -0.05) is 23.8 Å². The maximum absolute atomic E-state index is 12.0. The number of aryl methyl sites for hydroxylation is 1. The molecule has 0 bridgehead atoms. The van der Waals surface area contributed by atoms with Gasteiger partial charge in [0, 0.05) is 30.6 Å². The zero-order valence-corrected chi connectivity index (χ0v) is 11.4. The molecule has 2 N–H and O–H groups in total. The molecule has 0 radical (unpaired) electrons. The summed E-state index contributed by atoms with van der Waals surface area (Å²) in [7, 11) is 1.72. The first-order valence-corrected chi connectivity index (χ1v) is 5.99. The number of carbonyl (C=O) groups is 1. The normalized spacial score (nSPS) is 10.1. The molecule has 0 saturated heterocycles. The topological polar surface area (TPSA) is 46.3 Å². The van der Waals surface area contributed by atoms with E-state index >= 15 is 0 Å². The second kappa shape index (κ2) is 5.98. The fraction of sp³-hybridized carbons (Fsp3) is 0.333. The van der Waals surface area contributed by atoms with E-state index in [9.17, 15) is 4.79 Å². The van der Waals surface area contributed by atoms with Crippen LogP contribution in [0.25, 0.3) is 0 Å². The highest BCUT2D eigenvalue weighted by atomic mass is 35.5. The number of amides is 1. The molecule has 0 aliphatic carbocycles. The molecule has 0 heterocycles. The molecule has 5 heteroatoms. The van der Waals surface area contributed by atoms with Crippen LogP contribution in [0.2, 0.25) is 5.02 Å². The number of hydrogen-bond donors (Lipinski definition) is 1. The second-order valence-electron chi connectivity index (χ2n) is 3.96. The van der Waals surface area contributed by atoms with Gasteiger partial charge < -0.3 is 10.6 Å². The second-order valence-corrected chi connectivity index (χ2v) is 4.92. The Morgan fingerprint density at radius 2 is 2.12 bits per heavy atom. The summed E-state index contributed by atoms with van der Waals surface area (Å²) < 4.78 is 0. The van der Waals surface area contributed by atoms with Gasteiger partial charge in [-0.05, 0) is 30.7 Å². The summed E-state index contributed by atoms with van der Waals surface area (Å²) in [6.07, 6.45) is 0.525. The zero-order chi connectivity index (χ0) is 13.0. The van der Waals surface area contributed by atoms with Gasteiger partial charge in [-0.15, -0.1) is 0 Å². The van der Waals surface area contributed by atoms with E-state index in [-0.39, 0.29) is 5.91 Å². The number of nitrogens with two attached hydrogens (primary N) is 1. The molecule has 3 nitrogen and oxygen atoms in total. The van der Waals surface area contributed by atoms with Crippen molar-refractivity contribution >= 4 is 34.7 Å². The summed E-state index contributed by atoms with van der Waals surface area (Å²) in [6.45, 7) is 2.41. The van der Waals surface area contributed by atoms with Crippen LogP contribution in [0.3, 0.4) is 0 Å². The average Bonchev–Trinajstić information content (AvgIpc) is 2.23. The standard InChI is InChI=1S/C12H15ClN2OS/c1-8-5-9(7-10(13)6-8)12(16)15(2)4-3-11(14)17/h5-7H,3-4H2,1-2H3,(H2,14,17). The minimum absolute atomic E-state index is 0.0770. The number of thiocarbonyl (C=S) groups is 1. The number of hydrogen-bond acceptors (Lipinski definition) is 2. The molecule has 0 aliphatic rings. The van der Waals surface area contributed by atoms with Gasteiger partial charge in [-0.25, -0.2) is 0 Å². The number of benzene rings is 1. The van der Waals surface area contributed by atoms with Crippen LogP contribution in [0.1, 0.15) is 22.3 Å². The third kappa shape index (κ3) is 4.32.